The summed E-state index contributed by atoms with van der Waals surface area (Å²) in [5.74, 6) is 1.30. The smallest absolute Gasteiger partial charge is 0.193 e. The van der Waals surface area contributed by atoms with Crippen molar-refractivity contribution in [3.05, 3.63) is 48.0 Å². The molecule has 1 aliphatic heterocycles. The van der Waals surface area contributed by atoms with Gasteiger partial charge in [0.1, 0.15) is 5.82 Å². The number of rotatable bonds is 7. The summed E-state index contributed by atoms with van der Waals surface area (Å²) in [6.45, 7) is 6.39. The van der Waals surface area contributed by atoms with E-state index in [9.17, 15) is 4.39 Å². The molecule has 2 aromatic rings. The van der Waals surface area contributed by atoms with Crippen LogP contribution in [0.3, 0.4) is 0 Å². The van der Waals surface area contributed by atoms with Crippen LogP contribution in [0.25, 0.3) is 0 Å². The molecule has 160 valence electrons. The van der Waals surface area contributed by atoms with Gasteiger partial charge in [0.25, 0.3) is 0 Å². The van der Waals surface area contributed by atoms with Crippen LogP contribution < -0.4 is 10.2 Å². The van der Waals surface area contributed by atoms with E-state index >= 15 is 0 Å². The van der Waals surface area contributed by atoms with E-state index in [1.54, 1.807) is 6.07 Å². The standard InChI is InChI=1S/C21H31FN6.HI/c1-4-23-21(28-13-10-17(16-28)18-14-25-27(3)15-18)24-11-7-12-26(2)20-9-6-5-8-19(20)22;/h5-6,8-9,14-15,17H,4,7,10-13,16H2,1-3H3,(H,23,24);1H. The number of aliphatic imine (C=N–C) groups is 1. The van der Waals surface area contributed by atoms with Gasteiger partial charge in [0, 0.05) is 58.9 Å². The lowest BCUT2D eigenvalue weighted by Crippen LogP contribution is -2.40. The largest absolute Gasteiger partial charge is 0.372 e. The lowest BCUT2D eigenvalue weighted by atomic mass is 10.0. The molecule has 1 saturated heterocycles. The Kier molecular flexibility index (Phi) is 9.19. The molecule has 0 aliphatic carbocycles. The molecule has 29 heavy (non-hydrogen) atoms. The highest BCUT2D eigenvalue weighted by atomic mass is 127. The summed E-state index contributed by atoms with van der Waals surface area (Å²) in [6.07, 6.45) is 6.07. The molecule has 0 amide bonds. The first-order valence-electron chi connectivity index (χ1n) is 10.1. The Morgan fingerprint density at radius 1 is 1.38 bits per heavy atom. The first kappa shape index (κ1) is 23.4. The van der Waals surface area contributed by atoms with Crippen LogP contribution in [0.2, 0.25) is 0 Å². The van der Waals surface area contributed by atoms with Gasteiger partial charge < -0.3 is 15.1 Å². The van der Waals surface area contributed by atoms with E-state index < -0.39 is 0 Å². The Hall–Kier alpha value is -1.84. The van der Waals surface area contributed by atoms with Gasteiger partial charge in [0.2, 0.25) is 0 Å². The van der Waals surface area contributed by atoms with Gasteiger partial charge in [-0.1, -0.05) is 12.1 Å². The molecule has 1 fully saturated rings. The first-order valence-corrected chi connectivity index (χ1v) is 10.1. The summed E-state index contributed by atoms with van der Waals surface area (Å²) in [6, 6.07) is 6.89. The van der Waals surface area contributed by atoms with Gasteiger partial charge in [-0.05, 0) is 37.5 Å². The van der Waals surface area contributed by atoms with Gasteiger partial charge >= 0.3 is 0 Å². The number of likely N-dealkylation sites (tertiary alicyclic amines) is 1. The minimum atomic E-state index is -0.180. The van der Waals surface area contributed by atoms with E-state index in [0.29, 0.717) is 11.6 Å². The molecular formula is C21H32FIN6. The topological polar surface area (TPSA) is 48.7 Å². The van der Waals surface area contributed by atoms with Crippen molar-refractivity contribution in [1.82, 2.24) is 20.0 Å². The van der Waals surface area contributed by atoms with E-state index in [1.165, 1.54) is 11.6 Å². The molecule has 0 spiro atoms. The molecule has 0 radical (unpaired) electrons. The molecular weight excluding hydrogens is 482 g/mol. The molecule has 0 bridgehead atoms. The lowest BCUT2D eigenvalue weighted by Gasteiger charge is -2.22. The van der Waals surface area contributed by atoms with Crippen molar-refractivity contribution >= 4 is 35.6 Å². The maximum absolute atomic E-state index is 13.9. The van der Waals surface area contributed by atoms with Crippen molar-refractivity contribution in [3.8, 4) is 0 Å². The number of aryl methyl sites for hydroxylation is 1. The summed E-state index contributed by atoms with van der Waals surface area (Å²) in [4.78, 5) is 9.09. The number of para-hydroxylation sites is 1. The van der Waals surface area contributed by atoms with E-state index in [0.717, 1.165) is 51.5 Å². The number of halogens is 2. The molecule has 6 nitrogen and oxygen atoms in total. The van der Waals surface area contributed by atoms with Crippen LogP contribution in [-0.2, 0) is 7.05 Å². The Morgan fingerprint density at radius 2 is 2.17 bits per heavy atom. The van der Waals surface area contributed by atoms with Crippen molar-refractivity contribution in [2.75, 3.05) is 44.7 Å². The highest BCUT2D eigenvalue weighted by molar-refractivity contribution is 14.0. The number of nitrogens with zero attached hydrogens (tertiary/aromatic N) is 5. The van der Waals surface area contributed by atoms with E-state index in [1.807, 2.05) is 42.0 Å². The Bertz CT molecular complexity index is 793. The molecule has 3 rings (SSSR count). The van der Waals surface area contributed by atoms with Gasteiger partial charge in [-0.15, -0.1) is 24.0 Å². The second-order valence-electron chi connectivity index (χ2n) is 7.34. The van der Waals surface area contributed by atoms with Crippen LogP contribution in [0.1, 0.15) is 31.2 Å². The quantitative estimate of drug-likeness (QED) is 0.266. The van der Waals surface area contributed by atoms with Gasteiger partial charge in [0.05, 0.1) is 11.9 Å². The number of aromatic nitrogens is 2. The van der Waals surface area contributed by atoms with Crippen LogP contribution in [0, 0.1) is 5.82 Å². The maximum atomic E-state index is 13.9. The van der Waals surface area contributed by atoms with Crippen LogP contribution in [-0.4, -0.2) is 60.4 Å². The fourth-order valence-corrected chi connectivity index (χ4v) is 3.68. The molecule has 2 heterocycles. The first-order chi connectivity index (χ1) is 13.6. The number of hydrogen-bond acceptors (Lipinski definition) is 3. The van der Waals surface area contributed by atoms with Crippen LogP contribution in [0.4, 0.5) is 10.1 Å². The predicted molar refractivity (Wildman–Crippen MR) is 128 cm³/mol. The fraction of sp³-hybridized carbons (Fsp3) is 0.524. The summed E-state index contributed by atoms with van der Waals surface area (Å²) in [5, 5.41) is 7.71. The second-order valence-corrected chi connectivity index (χ2v) is 7.34. The highest BCUT2D eigenvalue weighted by Gasteiger charge is 2.26. The van der Waals surface area contributed by atoms with Crippen molar-refractivity contribution in [3.63, 3.8) is 0 Å². The van der Waals surface area contributed by atoms with E-state index in [2.05, 4.69) is 28.4 Å². The summed E-state index contributed by atoms with van der Waals surface area (Å²) < 4.78 is 15.7. The highest BCUT2D eigenvalue weighted by Crippen LogP contribution is 2.26. The molecule has 1 aromatic carbocycles. The zero-order chi connectivity index (χ0) is 19.9. The molecule has 1 unspecified atom stereocenters. The van der Waals surface area contributed by atoms with Crippen LogP contribution >= 0.6 is 24.0 Å². The predicted octanol–water partition coefficient (Wildman–Crippen LogP) is 3.46. The number of nitrogens with one attached hydrogen (secondary N) is 1. The fourth-order valence-electron chi connectivity index (χ4n) is 3.68. The Morgan fingerprint density at radius 3 is 2.86 bits per heavy atom. The minimum absolute atomic E-state index is 0. The molecule has 1 N–H and O–H groups in total. The summed E-state index contributed by atoms with van der Waals surface area (Å²) in [5.41, 5.74) is 1.93. The zero-order valence-corrected chi connectivity index (χ0v) is 19.8. The number of hydrogen-bond donors (Lipinski definition) is 1. The van der Waals surface area contributed by atoms with Crippen molar-refractivity contribution in [2.45, 2.75) is 25.7 Å². The Labute approximate surface area is 190 Å². The lowest BCUT2D eigenvalue weighted by molar-refractivity contribution is 0.485. The average molecular weight is 514 g/mol. The normalized spacial score (nSPS) is 16.6. The third-order valence-corrected chi connectivity index (χ3v) is 5.20. The number of anilines is 1. The third-order valence-electron chi connectivity index (χ3n) is 5.20. The van der Waals surface area contributed by atoms with Crippen molar-refractivity contribution in [1.29, 1.82) is 0 Å². The molecule has 8 heteroatoms. The zero-order valence-electron chi connectivity index (χ0n) is 17.5. The summed E-state index contributed by atoms with van der Waals surface area (Å²) in [7, 11) is 3.88. The van der Waals surface area contributed by atoms with Gasteiger partial charge in [-0.25, -0.2) is 4.39 Å². The monoisotopic (exact) mass is 514 g/mol. The van der Waals surface area contributed by atoms with Crippen molar-refractivity contribution in [2.24, 2.45) is 12.0 Å². The average Bonchev–Trinajstić information content (AvgIpc) is 3.33. The number of benzene rings is 1. The second kappa shape index (κ2) is 11.4. The molecule has 0 saturated carbocycles. The van der Waals surface area contributed by atoms with Crippen LogP contribution in [0.15, 0.2) is 41.7 Å². The van der Waals surface area contributed by atoms with Gasteiger partial charge in [0.15, 0.2) is 5.96 Å². The maximum Gasteiger partial charge on any atom is 0.193 e. The van der Waals surface area contributed by atoms with Gasteiger partial charge in [-0.3, -0.25) is 9.67 Å². The third kappa shape index (κ3) is 6.32. The SMILES string of the molecule is CCNC(=NCCCN(C)c1ccccc1F)N1CCC(c2cnn(C)c2)C1.I. The molecule has 1 aromatic heterocycles. The van der Waals surface area contributed by atoms with E-state index in [4.69, 9.17) is 4.99 Å². The van der Waals surface area contributed by atoms with Crippen molar-refractivity contribution < 1.29 is 4.39 Å². The molecule has 1 atom stereocenters. The molecule has 1 aliphatic rings. The number of guanidine groups is 1. The minimum Gasteiger partial charge on any atom is -0.372 e. The summed E-state index contributed by atoms with van der Waals surface area (Å²) >= 11 is 0. The van der Waals surface area contributed by atoms with Gasteiger partial charge in [-0.2, -0.15) is 5.10 Å². The van der Waals surface area contributed by atoms with Crippen LogP contribution in [0.5, 0.6) is 0 Å². The van der Waals surface area contributed by atoms with E-state index in [-0.39, 0.29) is 29.8 Å². The Balaban J connectivity index is 0.00000300.